The highest BCUT2D eigenvalue weighted by Gasteiger charge is 2.05. The van der Waals surface area contributed by atoms with Gasteiger partial charge in [-0.3, -0.25) is 0 Å². The van der Waals surface area contributed by atoms with Crippen molar-refractivity contribution in [2.45, 2.75) is 0 Å². The van der Waals surface area contributed by atoms with Crippen molar-refractivity contribution in [2.24, 2.45) is 0 Å². The summed E-state index contributed by atoms with van der Waals surface area (Å²) >= 11 is 12.4. The first kappa shape index (κ1) is 12.8. The number of nitrogens with zero attached hydrogens (tertiary/aromatic N) is 1. The number of halogens is 4. The molecule has 0 amide bonds. The molecule has 0 aliphatic rings. The highest BCUT2D eigenvalue weighted by Crippen LogP contribution is 2.28. The van der Waals surface area contributed by atoms with E-state index in [2.05, 4.69) is 42.2 Å². The smallest absolute Gasteiger partial charge is 0.144 e. The molecule has 2 rings (SSSR count). The summed E-state index contributed by atoms with van der Waals surface area (Å²) in [5, 5.41) is 3.11. The summed E-state index contributed by atoms with van der Waals surface area (Å²) in [4.78, 5) is 4.18. The molecule has 0 unspecified atom stereocenters. The Bertz CT molecular complexity index is 563. The molecule has 0 bridgehead atoms. The lowest BCUT2D eigenvalue weighted by atomic mass is 10.3. The predicted octanol–water partition coefficient (Wildman–Crippen LogP) is 5.14. The fraction of sp³-hybridized carbons (Fsp3) is 0. The summed E-state index contributed by atoms with van der Waals surface area (Å²) in [6, 6.07) is 6.27. The molecule has 0 saturated carbocycles. The Hall–Kier alpha value is -0.650. The molecule has 1 aromatic heterocycles. The zero-order valence-corrected chi connectivity index (χ0v) is 12.3. The lowest BCUT2D eigenvalue weighted by molar-refractivity contribution is 0.628. The fourth-order valence-electron chi connectivity index (χ4n) is 1.22. The summed E-state index contributed by atoms with van der Waals surface area (Å²) in [5.41, 5.74) is 0.673. The van der Waals surface area contributed by atoms with Crippen LogP contribution in [0.25, 0.3) is 0 Å². The molecule has 1 N–H and O–H groups in total. The maximum atomic E-state index is 13.0. The molecule has 0 atom stereocenters. The average Bonchev–Trinajstić information content (AvgIpc) is 2.27. The summed E-state index contributed by atoms with van der Waals surface area (Å²) in [6.45, 7) is 0. The first-order chi connectivity index (χ1) is 8.06. The van der Waals surface area contributed by atoms with Gasteiger partial charge in [-0.05, 0) is 56.1 Å². The molecule has 0 aliphatic carbocycles. The van der Waals surface area contributed by atoms with Crippen molar-refractivity contribution in [3.63, 3.8) is 0 Å². The first-order valence-electron chi connectivity index (χ1n) is 4.59. The SMILES string of the molecule is Fc1ccc(Nc2ncc(Br)cc2Br)cc1Cl. The van der Waals surface area contributed by atoms with Crippen LogP contribution in [0.15, 0.2) is 39.4 Å². The third-order valence-corrected chi connectivity index (χ3v) is 3.32. The second-order valence-electron chi connectivity index (χ2n) is 3.24. The van der Waals surface area contributed by atoms with Gasteiger partial charge in [0.05, 0.1) is 9.50 Å². The Morgan fingerprint density at radius 3 is 2.65 bits per heavy atom. The molecule has 2 nitrogen and oxygen atoms in total. The largest absolute Gasteiger partial charge is 0.339 e. The molecule has 1 aromatic carbocycles. The van der Waals surface area contributed by atoms with Crippen molar-refractivity contribution < 1.29 is 4.39 Å². The van der Waals surface area contributed by atoms with E-state index in [1.54, 1.807) is 12.3 Å². The standard InChI is InChI=1S/C11H6Br2ClFN2/c12-6-3-8(13)11(16-5-6)17-7-1-2-10(15)9(14)4-7/h1-5H,(H,16,17). The Kier molecular flexibility index (Phi) is 4.01. The van der Waals surface area contributed by atoms with Crippen LogP contribution in [-0.4, -0.2) is 4.98 Å². The topological polar surface area (TPSA) is 24.9 Å². The van der Waals surface area contributed by atoms with Gasteiger partial charge in [0.25, 0.3) is 0 Å². The van der Waals surface area contributed by atoms with Gasteiger partial charge in [-0.2, -0.15) is 0 Å². The number of aromatic nitrogens is 1. The van der Waals surface area contributed by atoms with Crippen molar-refractivity contribution in [1.82, 2.24) is 4.98 Å². The van der Waals surface area contributed by atoms with Gasteiger partial charge in [-0.1, -0.05) is 11.6 Å². The van der Waals surface area contributed by atoms with Gasteiger partial charge >= 0.3 is 0 Å². The maximum absolute atomic E-state index is 13.0. The van der Waals surface area contributed by atoms with Gasteiger partial charge in [0.2, 0.25) is 0 Å². The molecule has 0 radical (unpaired) electrons. The minimum Gasteiger partial charge on any atom is -0.339 e. The van der Waals surface area contributed by atoms with E-state index in [9.17, 15) is 4.39 Å². The summed E-state index contributed by atoms with van der Waals surface area (Å²) in [5.74, 6) is 0.191. The Morgan fingerprint density at radius 2 is 2.00 bits per heavy atom. The van der Waals surface area contributed by atoms with Gasteiger partial charge in [0, 0.05) is 16.4 Å². The number of nitrogens with one attached hydrogen (secondary N) is 1. The molecule has 0 aliphatic heterocycles. The van der Waals surface area contributed by atoms with E-state index in [-0.39, 0.29) is 5.02 Å². The molecule has 17 heavy (non-hydrogen) atoms. The lowest BCUT2D eigenvalue weighted by Crippen LogP contribution is -1.95. The zero-order chi connectivity index (χ0) is 12.4. The molecular formula is C11H6Br2ClFN2. The van der Waals surface area contributed by atoms with Crippen LogP contribution >= 0.6 is 43.5 Å². The van der Waals surface area contributed by atoms with Crippen LogP contribution in [0.2, 0.25) is 5.02 Å². The highest BCUT2D eigenvalue weighted by atomic mass is 79.9. The lowest BCUT2D eigenvalue weighted by Gasteiger charge is -2.08. The van der Waals surface area contributed by atoms with Crippen molar-refractivity contribution in [3.05, 3.63) is 50.2 Å². The van der Waals surface area contributed by atoms with E-state index >= 15 is 0 Å². The minimum absolute atomic E-state index is 0.0724. The van der Waals surface area contributed by atoms with E-state index in [1.165, 1.54) is 12.1 Å². The quantitative estimate of drug-likeness (QED) is 0.780. The molecule has 2 aromatic rings. The Morgan fingerprint density at radius 1 is 1.24 bits per heavy atom. The third kappa shape index (κ3) is 3.18. The Balaban J connectivity index is 2.28. The highest BCUT2D eigenvalue weighted by molar-refractivity contribution is 9.11. The van der Waals surface area contributed by atoms with E-state index in [4.69, 9.17) is 11.6 Å². The van der Waals surface area contributed by atoms with Gasteiger partial charge in [-0.15, -0.1) is 0 Å². The first-order valence-corrected chi connectivity index (χ1v) is 6.56. The summed E-state index contributed by atoms with van der Waals surface area (Å²) < 4.78 is 14.6. The molecule has 88 valence electrons. The number of anilines is 2. The monoisotopic (exact) mass is 378 g/mol. The van der Waals surface area contributed by atoms with Gasteiger partial charge in [0.15, 0.2) is 0 Å². The molecule has 0 fully saturated rings. The minimum atomic E-state index is -0.444. The molecule has 1 heterocycles. The van der Waals surface area contributed by atoms with Crippen LogP contribution in [0.1, 0.15) is 0 Å². The second-order valence-corrected chi connectivity index (χ2v) is 5.42. The third-order valence-electron chi connectivity index (χ3n) is 1.99. The molecule has 0 saturated heterocycles. The van der Waals surface area contributed by atoms with Gasteiger partial charge < -0.3 is 5.32 Å². The number of rotatable bonds is 2. The van der Waals surface area contributed by atoms with Crippen molar-refractivity contribution in [2.75, 3.05) is 5.32 Å². The van der Waals surface area contributed by atoms with Crippen LogP contribution in [0.3, 0.4) is 0 Å². The van der Waals surface area contributed by atoms with Crippen LogP contribution < -0.4 is 5.32 Å². The maximum Gasteiger partial charge on any atom is 0.144 e. The van der Waals surface area contributed by atoms with Crippen LogP contribution in [0.4, 0.5) is 15.9 Å². The second kappa shape index (κ2) is 5.33. The van der Waals surface area contributed by atoms with E-state index in [0.29, 0.717) is 11.5 Å². The normalized spacial score (nSPS) is 10.4. The fourth-order valence-corrected chi connectivity index (χ4v) is 2.48. The average molecular weight is 380 g/mol. The number of benzene rings is 1. The molecular weight excluding hydrogens is 374 g/mol. The van der Waals surface area contributed by atoms with E-state index < -0.39 is 5.82 Å². The van der Waals surface area contributed by atoms with E-state index in [1.807, 2.05) is 6.07 Å². The summed E-state index contributed by atoms with van der Waals surface area (Å²) in [7, 11) is 0. The van der Waals surface area contributed by atoms with Crippen molar-refractivity contribution in [3.8, 4) is 0 Å². The van der Waals surface area contributed by atoms with Gasteiger partial charge in [0.1, 0.15) is 11.6 Å². The number of hydrogen-bond acceptors (Lipinski definition) is 2. The molecule has 0 spiro atoms. The number of pyridine rings is 1. The summed E-state index contributed by atoms with van der Waals surface area (Å²) in [6.07, 6.45) is 1.66. The van der Waals surface area contributed by atoms with Crippen molar-refractivity contribution >= 4 is 55.0 Å². The molecule has 6 heteroatoms. The predicted molar refractivity (Wildman–Crippen MR) is 74.3 cm³/mol. The van der Waals surface area contributed by atoms with Gasteiger partial charge in [-0.25, -0.2) is 9.37 Å². The van der Waals surface area contributed by atoms with Crippen molar-refractivity contribution in [1.29, 1.82) is 0 Å². The number of hydrogen-bond donors (Lipinski definition) is 1. The van der Waals surface area contributed by atoms with Crippen LogP contribution in [0.5, 0.6) is 0 Å². The van der Waals surface area contributed by atoms with E-state index in [0.717, 1.165) is 8.95 Å². The Labute approximate surface area is 119 Å². The van der Waals surface area contributed by atoms with Crippen LogP contribution in [-0.2, 0) is 0 Å². The van der Waals surface area contributed by atoms with Crippen LogP contribution in [0, 0.1) is 5.82 Å². The zero-order valence-electron chi connectivity index (χ0n) is 8.35.